The highest BCUT2D eigenvalue weighted by Crippen LogP contribution is 2.21. The summed E-state index contributed by atoms with van der Waals surface area (Å²) in [5.41, 5.74) is 9.61. The van der Waals surface area contributed by atoms with Crippen molar-refractivity contribution in [3.63, 3.8) is 0 Å². The van der Waals surface area contributed by atoms with Gasteiger partial charge in [0, 0.05) is 17.9 Å². The number of hydrogen-bond donors (Lipinski definition) is 2. The summed E-state index contributed by atoms with van der Waals surface area (Å²) < 4.78 is 6.67. The second kappa shape index (κ2) is 6.85. The van der Waals surface area contributed by atoms with Crippen LogP contribution in [0.5, 0.6) is 0 Å². The largest absolute Gasteiger partial charge is 0.465 e. The van der Waals surface area contributed by atoms with Gasteiger partial charge < -0.3 is 15.8 Å². The SMILES string of the molecule is CCOC(=O)CNCc1cc(-n2cnnc2)cc(C)c1N. The fourth-order valence-electron chi connectivity index (χ4n) is 1.99. The van der Waals surface area contributed by atoms with Gasteiger partial charge in [-0.25, -0.2) is 0 Å². The molecule has 7 heteroatoms. The Kier molecular flexibility index (Phi) is 4.89. The summed E-state index contributed by atoms with van der Waals surface area (Å²) in [6, 6.07) is 3.91. The van der Waals surface area contributed by atoms with E-state index in [0.29, 0.717) is 18.8 Å². The van der Waals surface area contributed by atoms with Crippen molar-refractivity contribution in [2.24, 2.45) is 0 Å². The molecule has 0 aliphatic heterocycles. The molecule has 0 radical (unpaired) electrons. The lowest BCUT2D eigenvalue weighted by atomic mass is 10.1. The van der Waals surface area contributed by atoms with E-state index in [1.807, 2.05) is 19.1 Å². The monoisotopic (exact) mass is 289 g/mol. The zero-order valence-electron chi connectivity index (χ0n) is 12.2. The van der Waals surface area contributed by atoms with Crippen molar-refractivity contribution >= 4 is 11.7 Å². The Labute approximate surface area is 123 Å². The first-order valence-corrected chi connectivity index (χ1v) is 6.72. The molecule has 1 aromatic carbocycles. The Morgan fingerprint density at radius 2 is 2.10 bits per heavy atom. The van der Waals surface area contributed by atoms with Crippen LogP contribution in [0.15, 0.2) is 24.8 Å². The normalized spacial score (nSPS) is 10.6. The number of nitrogen functional groups attached to an aromatic ring is 1. The highest BCUT2D eigenvalue weighted by atomic mass is 16.5. The minimum absolute atomic E-state index is 0.156. The van der Waals surface area contributed by atoms with E-state index in [-0.39, 0.29) is 12.5 Å². The van der Waals surface area contributed by atoms with Crippen molar-refractivity contribution in [3.05, 3.63) is 35.9 Å². The average molecular weight is 289 g/mol. The van der Waals surface area contributed by atoms with E-state index in [1.165, 1.54) is 0 Å². The maximum atomic E-state index is 11.3. The highest BCUT2D eigenvalue weighted by Gasteiger charge is 2.08. The fraction of sp³-hybridized carbons (Fsp3) is 0.357. The highest BCUT2D eigenvalue weighted by molar-refractivity contribution is 5.71. The molecule has 0 saturated carbocycles. The zero-order valence-corrected chi connectivity index (χ0v) is 12.2. The van der Waals surface area contributed by atoms with Crippen LogP contribution in [0.1, 0.15) is 18.1 Å². The van der Waals surface area contributed by atoms with Crippen molar-refractivity contribution in [3.8, 4) is 5.69 Å². The van der Waals surface area contributed by atoms with E-state index in [9.17, 15) is 4.79 Å². The van der Waals surface area contributed by atoms with Gasteiger partial charge >= 0.3 is 5.97 Å². The number of nitrogens with zero attached hydrogens (tertiary/aromatic N) is 3. The predicted octanol–water partition coefficient (Wildman–Crippen LogP) is 0.811. The topological polar surface area (TPSA) is 95.1 Å². The molecule has 0 amide bonds. The van der Waals surface area contributed by atoms with E-state index >= 15 is 0 Å². The van der Waals surface area contributed by atoms with Gasteiger partial charge in [0.1, 0.15) is 12.7 Å². The minimum Gasteiger partial charge on any atom is -0.465 e. The molecule has 2 aromatic rings. The minimum atomic E-state index is -0.275. The lowest BCUT2D eigenvalue weighted by molar-refractivity contribution is -0.142. The number of aromatic nitrogens is 3. The molecule has 0 aliphatic carbocycles. The lowest BCUT2D eigenvalue weighted by Gasteiger charge is -2.13. The molecule has 1 heterocycles. The summed E-state index contributed by atoms with van der Waals surface area (Å²) in [6.45, 7) is 4.75. The van der Waals surface area contributed by atoms with Crippen LogP contribution in [0.3, 0.4) is 0 Å². The fourth-order valence-corrected chi connectivity index (χ4v) is 1.99. The first kappa shape index (κ1) is 15.0. The van der Waals surface area contributed by atoms with Gasteiger partial charge in [0.05, 0.1) is 13.2 Å². The molecule has 0 fully saturated rings. The van der Waals surface area contributed by atoms with Gasteiger partial charge in [-0.3, -0.25) is 9.36 Å². The number of carbonyl (C=O) groups excluding carboxylic acids is 1. The van der Waals surface area contributed by atoms with Crippen LogP contribution in [0.4, 0.5) is 5.69 Å². The van der Waals surface area contributed by atoms with E-state index in [2.05, 4.69) is 15.5 Å². The summed E-state index contributed by atoms with van der Waals surface area (Å²) in [4.78, 5) is 11.3. The summed E-state index contributed by atoms with van der Waals surface area (Å²) >= 11 is 0. The van der Waals surface area contributed by atoms with Crippen molar-refractivity contribution in [1.82, 2.24) is 20.1 Å². The molecule has 112 valence electrons. The first-order chi connectivity index (χ1) is 10.1. The van der Waals surface area contributed by atoms with Crippen LogP contribution >= 0.6 is 0 Å². The van der Waals surface area contributed by atoms with Gasteiger partial charge in [0.2, 0.25) is 0 Å². The van der Waals surface area contributed by atoms with E-state index in [0.717, 1.165) is 16.8 Å². The van der Waals surface area contributed by atoms with Crippen molar-refractivity contribution in [2.75, 3.05) is 18.9 Å². The summed E-state index contributed by atoms with van der Waals surface area (Å²) in [5, 5.41) is 10.6. The Balaban J connectivity index is 2.10. The third-order valence-corrected chi connectivity index (χ3v) is 3.06. The maximum absolute atomic E-state index is 11.3. The molecule has 0 aliphatic rings. The first-order valence-electron chi connectivity index (χ1n) is 6.72. The molecule has 3 N–H and O–H groups in total. The second-order valence-electron chi connectivity index (χ2n) is 4.61. The smallest absolute Gasteiger partial charge is 0.319 e. The third-order valence-electron chi connectivity index (χ3n) is 3.06. The van der Waals surface area contributed by atoms with Crippen LogP contribution in [-0.4, -0.2) is 33.9 Å². The van der Waals surface area contributed by atoms with E-state index in [1.54, 1.807) is 24.1 Å². The Hall–Kier alpha value is -2.41. The van der Waals surface area contributed by atoms with Gasteiger partial charge in [-0.1, -0.05) is 0 Å². The van der Waals surface area contributed by atoms with Crippen molar-refractivity contribution < 1.29 is 9.53 Å². The number of nitrogens with one attached hydrogen (secondary N) is 1. The molecule has 0 saturated heterocycles. The molecule has 7 nitrogen and oxygen atoms in total. The molecule has 0 bridgehead atoms. The average Bonchev–Trinajstić information content (AvgIpc) is 2.97. The molecule has 21 heavy (non-hydrogen) atoms. The maximum Gasteiger partial charge on any atom is 0.319 e. The van der Waals surface area contributed by atoms with Gasteiger partial charge in [-0.15, -0.1) is 10.2 Å². The Morgan fingerprint density at radius 1 is 1.38 bits per heavy atom. The Bertz CT molecular complexity index is 610. The summed E-state index contributed by atoms with van der Waals surface area (Å²) in [6.07, 6.45) is 3.25. The van der Waals surface area contributed by atoms with Crippen LogP contribution in [0.2, 0.25) is 0 Å². The number of carbonyl (C=O) groups is 1. The Morgan fingerprint density at radius 3 is 2.76 bits per heavy atom. The van der Waals surface area contributed by atoms with Gasteiger partial charge in [0.25, 0.3) is 0 Å². The molecule has 2 rings (SSSR count). The third kappa shape index (κ3) is 3.79. The molecule has 0 spiro atoms. The van der Waals surface area contributed by atoms with Gasteiger partial charge in [0.15, 0.2) is 0 Å². The van der Waals surface area contributed by atoms with Crippen molar-refractivity contribution in [2.45, 2.75) is 20.4 Å². The molecular formula is C14H19N5O2. The number of benzene rings is 1. The summed E-state index contributed by atoms with van der Waals surface area (Å²) in [5.74, 6) is -0.275. The van der Waals surface area contributed by atoms with E-state index in [4.69, 9.17) is 10.5 Å². The molecule has 0 unspecified atom stereocenters. The number of hydrogen-bond acceptors (Lipinski definition) is 6. The van der Waals surface area contributed by atoms with Crippen LogP contribution in [0.25, 0.3) is 5.69 Å². The van der Waals surface area contributed by atoms with Crippen LogP contribution < -0.4 is 11.1 Å². The quantitative estimate of drug-likeness (QED) is 0.603. The van der Waals surface area contributed by atoms with Gasteiger partial charge in [-0.05, 0) is 37.1 Å². The van der Waals surface area contributed by atoms with Crippen LogP contribution in [-0.2, 0) is 16.1 Å². The van der Waals surface area contributed by atoms with E-state index < -0.39 is 0 Å². The standard InChI is InChI=1S/C14H19N5O2/c1-3-21-13(20)7-16-6-11-5-12(4-10(2)14(11)15)19-8-17-18-9-19/h4-5,8-9,16H,3,6-7,15H2,1-2H3. The number of ether oxygens (including phenoxy) is 1. The predicted molar refractivity (Wildman–Crippen MR) is 78.8 cm³/mol. The lowest BCUT2D eigenvalue weighted by Crippen LogP contribution is -2.24. The second-order valence-corrected chi connectivity index (χ2v) is 4.61. The molecular weight excluding hydrogens is 270 g/mol. The number of nitrogens with two attached hydrogens (primary N) is 1. The van der Waals surface area contributed by atoms with Gasteiger partial charge in [-0.2, -0.15) is 0 Å². The zero-order chi connectivity index (χ0) is 15.2. The number of rotatable bonds is 6. The van der Waals surface area contributed by atoms with Crippen molar-refractivity contribution in [1.29, 1.82) is 0 Å². The summed E-state index contributed by atoms with van der Waals surface area (Å²) in [7, 11) is 0. The molecule has 1 aromatic heterocycles. The number of anilines is 1. The van der Waals surface area contributed by atoms with Crippen LogP contribution in [0, 0.1) is 6.92 Å². The number of aryl methyl sites for hydroxylation is 1. The number of esters is 1. The molecule has 0 atom stereocenters.